The van der Waals surface area contributed by atoms with Crippen molar-refractivity contribution in [3.63, 3.8) is 0 Å². The Balaban J connectivity index is 0.000000205. The number of carboxylic acid groups (broad SMARTS) is 1. The number of fused-ring (bicyclic) bond motifs is 2. The van der Waals surface area contributed by atoms with Gasteiger partial charge in [-0.3, -0.25) is 19.2 Å². The molecule has 4 aliphatic rings. The first kappa shape index (κ1) is 53.7. The highest BCUT2D eigenvalue weighted by Crippen LogP contribution is 2.41. The number of nitrogens with zero attached hydrogens (tertiary/aromatic N) is 2. The van der Waals surface area contributed by atoms with E-state index in [0.29, 0.717) is 57.6 Å². The predicted octanol–water partition coefficient (Wildman–Crippen LogP) is 12.3. The lowest BCUT2D eigenvalue weighted by Gasteiger charge is -2.41. The van der Waals surface area contributed by atoms with Crippen molar-refractivity contribution in [2.45, 2.75) is 51.1 Å². The van der Waals surface area contributed by atoms with Crippen molar-refractivity contribution >= 4 is 70.2 Å². The number of alkyl halides is 8. The van der Waals surface area contributed by atoms with Gasteiger partial charge in [-0.1, -0.05) is 108 Å². The van der Waals surface area contributed by atoms with E-state index in [-0.39, 0.29) is 34.7 Å². The van der Waals surface area contributed by atoms with Gasteiger partial charge in [0.2, 0.25) is 11.8 Å². The number of hydrogen-bond acceptors (Lipinski definition) is 6. The zero-order valence-corrected chi connectivity index (χ0v) is 39.0. The summed E-state index contributed by atoms with van der Waals surface area (Å²) in [6.45, 7) is 2.29. The van der Waals surface area contributed by atoms with Crippen molar-refractivity contribution in [1.29, 1.82) is 0 Å². The molecule has 68 heavy (non-hydrogen) atoms. The summed E-state index contributed by atoms with van der Waals surface area (Å²) in [5.41, 5.74) is -0.0222. The van der Waals surface area contributed by atoms with E-state index < -0.39 is 74.9 Å². The number of hydrogen-bond donors (Lipinski definition) is 2. The van der Waals surface area contributed by atoms with Gasteiger partial charge < -0.3 is 24.7 Å². The summed E-state index contributed by atoms with van der Waals surface area (Å²) in [7, 11) is 0. The van der Waals surface area contributed by atoms with E-state index in [1.807, 2.05) is 89.9 Å². The van der Waals surface area contributed by atoms with Crippen molar-refractivity contribution < 1.29 is 60.5 Å². The molecule has 2 fully saturated rings. The number of carbonyl (C=O) groups is 4. The molecule has 0 bridgehead atoms. The zero-order chi connectivity index (χ0) is 49.8. The maximum absolute atomic E-state index is 13.3. The number of phenolic OH excluding ortho intramolecular Hbond substituents is 1. The molecule has 0 radical (unpaired) electrons. The number of benzene rings is 4. The Kier molecular flexibility index (Phi) is 19.3. The van der Waals surface area contributed by atoms with Gasteiger partial charge in [0.1, 0.15) is 11.5 Å². The van der Waals surface area contributed by atoms with E-state index in [1.54, 1.807) is 4.90 Å². The summed E-state index contributed by atoms with van der Waals surface area (Å²) >= 11 is 20.4. The number of amides is 2. The first-order valence-electron chi connectivity index (χ1n) is 21.2. The van der Waals surface area contributed by atoms with Crippen LogP contribution in [0.2, 0.25) is 10.0 Å². The third-order valence-electron chi connectivity index (χ3n) is 11.8. The summed E-state index contributed by atoms with van der Waals surface area (Å²) in [5, 5.41) is 17.4. The molecule has 2 saturated heterocycles. The summed E-state index contributed by atoms with van der Waals surface area (Å²) < 4.78 is 80.8. The molecule has 2 aliphatic heterocycles. The predicted molar refractivity (Wildman–Crippen MR) is 246 cm³/mol. The number of likely N-dealkylation sites (tertiary alicyclic amines) is 2. The maximum atomic E-state index is 13.3. The standard InChI is InChI=1S/C24H21ClF3NO3.C17H19NO3.C7H4ClF3O.CH2Cl2/c25-20-10-9-17(13-19(20)24(26,27)28)32-23(31)18-8-4-7-16-11-12-29(22(30)21(16)18)14-15-5-2-1-3-6-15;19-16-15-13(7-4-8-14(15)17(20)21)9-10-18(16)11-12-5-2-1-3-6-12;8-6-2-1-4(12)3-5(6)7(9,10)11;2-1-3/h1-7,9-10,13,16,18,21H,8,11-12,14H2;1-7,13-15H,8-11H2,(H,20,21);1-3,12H;1H2/t16-,18-,21+;13-,14-,15+;;/m00../s1. The van der Waals surface area contributed by atoms with Crippen LogP contribution in [0.1, 0.15) is 47.9 Å². The van der Waals surface area contributed by atoms with Crippen molar-refractivity contribution in [3.8, 4) is 11.5 Å². The molecule has 4 aromatic rings. The molecule has 364 valence electrons. The van der Waals surface area contributed by atoms with Crippen LogP contribution >= 0.6 is 46.4 Å². The van der Waals surface area contributed by atoms with E-state index in [9.17, 15) is 50.6 Å². The maximum Gasteiger partial charge on any atom is 0.417 e. The number of phenols is 1. The van der Waals surface area contributed by atoms with Crippen molar-refractivity contribution in [3.05, 3.63) is 154 Å². The molecule has 4 aromatic carbocycles. The van der Waals surface area contributed by atoms with Crippen LogP contribution in [-0.2, 0) is 44.6 Å². The SMILES string of the molecule is ClCCl.O=C(O)[C@H]1CC=C[C@H]2CCN(Cc3ccccc3)C(=O)[C@@H]12.O=C(Oc1ccc(Cl)c(C(F)(F)F)c1)[C@H]1CC=C[C@H]2CCN(Cc3ccccc3)C(=O)[C@@H]12.Oc1ccc(Cl)c(C(F)(F)F)c1. The number of ether oxygens (including phenoxy) is 1. The Bertz CT molecular complexity index is 2420. The molecule has 2 aliphatic carbocycles. The van der Waals surface area contributed by atoms with E-state index in [0.717, 1.165) is 35.7 Å². The van der Waals surface area contributed by atoms with Gasteiger partial charge in [-0.25, -0.2) is 0 Å². The molecule has 2 heterocycles. The van der Waals surface area contributed by atoms with E-state index >= 15 is 0 Å². The third kappa shape index (κ3) is 14.4. The normalized spacial score (nSPS) is 21.9. The van der Waals surface area contributed by atoms with Gasteiger partial charge in [0.25, 0.3) is 0 Å². The molecule has 2 amide bonds. The van der Waals surface area contributed by atoms with E-state index in [1.165, 1.54) is 6.07 Å². The minimum absolute atomic E-state index is 0.00754. The van der Waals surface area contributed by atoms with Gasteiger partial charge >= 0.3 is 24.3 Å². The number of piperidine rings is 2. The smallest absolute Gasteiger partial charge is 0.417 e. The lowest BCUT2D eigenvalue weighted by Crippen LogP contribution is -2.50. The number of aromatic hydroxyl groups is 1. The fraction of sp³-hybridized carbons (Fsp3) is 0.347. The molecule has 0 unspecified atom stereocenters. The number of aliphatic carboxylic acids is 1. The van der Waals surface area contributed by atoms with Crippen LogP contribution in [0.3, 0.4) is 0 Å². The second kappa shape index (κ2) is 24.4. The first-order chi connectivity index (χ1) is 32.2. The van der Waals surface area contributed by atoms with Crippen molar-refractivity contribution in [2.24, 2.45) is 35.5 Å². The number of carbonyl (C=O) groups excluding carboxylic acids is 3. The van der Waals surface area contributed by atoms with Gasteiger partial charge in [-0.05, 0) is 85.0 Å². The van der Waals surface area contributed by atoms with Crippen molar-refractivity contribution in [2.75, 3.05) is 18.4 Å². The van der Waals surface area contributed by atoms with Crippen LogP contribution in [0, 0.1) is 35.5 Å². The van der Waals surface area contributed by atoms with Gasteiger partial charge in [0.15, 0.2) is 0 Å². The lowest BCUT2D eigenvalue weighted by molar-refractivity contribution is -0.155. The number of rotatable bonds is 7. The highest BCUT2D eigenvalue weighted by Gasteiger charge is 2.46. The monoisotopic (exact) mass is 1030 g/mol. The van der Waals surface area contributed by atoms with Crippen LogP contribution in [0.4, 0.5) is 26.3 Å². The zero-order valence-electron chi connectivity index (χ0n) is 36.0. The summed E-state index contributed by atoms with van der Waals surface area (Å²) in [4.78, 5) is 53.9. The Labute approximate surface area is 408 Å². The number of halogens is 10. The number of esters is 1. The van der Waals surface area contributed by atoms with Gasteiger partial charge in [-0.2, -0.15) is 26.3 Å². The summed E-state index contributed by atoms with van der Waals surface area (Å²) in [5.74, 6) is -4.77. The number of carboxylic acids is 1. The Morgan fingerprint density at radius 1 is 0.647 bits per heavy atom. The van der Waals surface area contributed by atoms with E-state index in [4.69, 9.17) is 56.2 Å². The average molecular weight is 1030 g/mol. The highest BCUT2D eigenvalue weighted by atomic mass is 35.5. The second-order valence-electron chi connectivity index (χ2n) is 16.1. The van der Waals surface area contributed by atoms with Crippen LogP contribution in [-0.4, -0.2) is 62.2 Å². The quantitative estimate of drug-likeness (QED) is 0.0621. The summed E-state index contributed by atoms with van der Waals surface area (Å²) in [6.07, 6.45) is 0.873. The Morgan fingerprint density at radius 3 is 1.51 bits per heavy atom. The summed E-state index contributed by atoms with van der Waals surface area (Å²) in [6, 6.07) is 25.1. The van der Waals surface area contributed by atoms with Gasteiger partial charge in [0.05, 0.1) is 50.2 Å². The van der Waals surface area contributed by atoms with Crippen LogP contribution in [0.5, 0.6) is 11.5 Å². The van der Waals surface area contributed by atoms with Crippen LogP contribution < -0.4 is 4.74 Å². The topological polar surface area (TPSA) is 124 Å². The number of allylic oxidation sites excluding steroid dienone is 4. The Hall–Kier alpha value is -5.22. The molecule has 0 spiro atoms. The highest BCUT2D eigenvalue weighted by molar-refractivity contribution is 6.40. The minimum atomic E-state index is -4.67. The fourth-order valence-corrected chi connectivity index (χ4v) is 9.02. The molecule has 0 aromatic heterocycles. The molecule has 8 rings (SSSR count). The molecule has 6 atom stereocenters. The second-order valence-corrected chi connectivity index (χ2v) is 17.8. The average Bonchev–Trinajstić information content (AvgIpc) is 3.30. The minimum Gasteiger partial charge on any atom is -0.508 e. The van der Waals surface area contributed by atoms with Crippen LogP contribution in [0.25, 0.3) is 0 Å². The molecule has 19 heteroatoms. The molecule has 2 N–H and O–H groups in total. The van der Waals surface area contributed by atoms with Gasteiger partial charge in [-0.15, -0.1) is 23.2 Å². The lowest BCUT2D eigenvalue weighted by atomic mass is 9.71. The van der Waals surface area contributed by atoms with Crippen LogP contribution in [0.15, 0.2) is 121 Å². The molecule has 9 nitrogen and oxygen atoms in total. The molecule has 0 saturated carbocycles. The Morgan fingerprint density at radius 2 is 1.07 bits per heavy atom. The first-order valence-corrected chi connectivity index (χ1v) is 23.0. The molecular formula is C49H46Cl4F6N2O7. The molecular weight excluding hydrogens is 984 g/mol. The fourth-order valence-electron chi connectivity index (χ4n) is 8.57. The van der Waals surface area contributed by atoms with Gasteiger partial charge in [0, 0.05) is 26.2 Å². The largest absolute Gasteiger partial charge is 0.508 e. The van der Waals surface area contributed by atoms with E-state index in [2.05, 4.69) is 0 Å². The third-order valence-corrected chi connectivity index (χ3v) is 12.4. The van der Waals surface area contributed by atoms with Crippen molar-refractivity contribution in [1.82, 2.24) is 9.80 Å².